The molecule has 0 saturated carbocycles. The first-order chi connectivity index (χ1) is 15.6. The van der Waals surface area contributed by atoms with Gasteiger partial charge in [-0.2, -0.15) is 10.5 Å². The van der Waals surface area contributed by atoms with Crippen LogP contribution in [0.3, 0.4) is 0 Å². The summed E-state index contributed by atoms with van der Waals surface area (Å²) in [5, 5.41) is 19.6. The predicted octanol–water partition coefficient (Wildman–Crippen LogP) is 5.30. The van der Waals surface area contributed by atoms with Gasteiger partial charge in [0.25, 0.3) is 0 Å². The molecule has 2 atom stereocenters. The molecule has 6 heteroatoms. The monoisotopic (exact) mass is 444 g/mol. The molecular formula is C26H25N2O3P. The van der Waals surface area contributed by atoms with Gasteiger partial charge in [0.1, 0.15) is 0 Å². The Hall–Kier alpha value is -3.21. The van der Waals surface area contributed by atoms with Crippen LogP contribution in [-0.2, 0) is 26.5 Å². The zero-order chi connectivity index (χ0) is 22.7. The summed E-state index contributed by atoms with van der Waals surface area (Å²) in [5.41, 5.74) is 2.01. The Morgan fingerprint density at radius 3 is 1.41 bits per heavy atom. The summed E-state index contributed by atoms with van der Waals surface area (Å²) >= 11 is 0. The Kier molecular flexibility index (Phi) is 8.79. The van der Waals surface area contributed by atoms with Gasteiger partial charge in [-0.05, 0) is 36.1 Å². The molecule has 0 saturated heterocycles. The number of nitriles is 2. The number of hydrogen-bond acceptors (Lipinski definition) is 5. The second-order valence-electron chi connectivity index (χ2n) is 7.46. The molecule has 0 amide bonds. The third-order valence-corrected chi connectivity index (χ3v) is 6.89. The maximum absolute atomic E-state index is 13.7. The zero-order valence-electron chi connectivity index (χ0n) is 17.7. The number of benzene rings is 3. The molecule has 0 heterocycles. The van der Waals surface area contributed by atoms with E-state index < -0.39 is 19.4 Å². The van der Waals surface area contributed by atoms with Gasteiger partial charge in [-0.15, -0.1) is 0 Å². The van der Waals surface area contributed by atoms with E-state index in [9.17, 15) is 15.1 Å². The van der Waals surface area contributed by atoms with Crippen molar-refractivity contribution in [2.24, 2.45) is 11.8 Å². The molecule has 0 aliphatic rings. The van der Waals surface area contributed by atoms with E-state index in [0.29, 0.717) is 18.1 Å². The van der Waals surface area contributed by atoms with Gasteiger partial charge in [-0.3, -0.25) is 4.57 Å². The molecule has 3 aromatic rings. The minimum Gasteiger partial charge on any atom is -0.304 e. The minimum absolute atomic E-state index is 0.0343. The van der Waals surface area contributed by atoms with Crippen molar-refractivity contribution in [3.8, 4) is 12.1 Å². The SMILES string of the molecule is N#C[C@H](COP(=O)(OC[C@@H](C#N)Cc1ccccc1)c1ccccc1)Cc1ccccc1. The Morgan fingerprint density at radius 2 is 1.03 bits per heavy atom. The van der Waals surface area contributed by atoms with Gasteiger partial charge in [-0.25, -0.2) is 0 Å². The average Bonchev–Trinajstić information content (AvgIpc) is 2.86. The van der Waals surface area contributed by atoms with E-state index in [1.54, 1.807) is 24.3 Å². The van der Waals surface area contributed by atoms with E-state index in [2.05, 4.69) is 12.1 Å². The molecule has 32 heavy (non-hydrogen) atoms. The van der Waals surface area contributed by atoms with Crippen molar-refractivity contribution in [2.45, 2.75) is 12.8 Å². The van der Waals surface area contributed by atoms with Gasteiger partial charge >= 0.3 is 7.60 Å². The molecule has 3 aromatic carbocycles. The van der Waals surface area contributed by atoms with Crippen LogP contribution in [0.25, 0.3) is 0 Å². The summed E-state index contributed by atoms with van der Waals surface area (Å²) in [4.78, 5) is 0. The lowest BCUT2D eigenvalue weighted by Gasteiger charge is -2.21. The lowest BCUT2D eigenvalue weighted by atomic mass is 10.0. The zero-order valence-corrected chi connectivity index (χ0v) is 18.6. The number of hydrogen-bond donors (Lipinski definition) is 0. The van der Waals surface area contributed by atoms with Crippen LogP contribution in [0.5, 0.6) is 0 Å². The van der Waals surface area contributed by atoms with Crippen molar-refractivity contribution < 1.29 is 13.6 Å². The van der Waals surface area contributed by atoms with Crippen LogP contribution in [0.4, 0.5) is 0 Å². The standard InChI is InChI=1S/C26H25N2O3P/c27-18-24(16-22-10-4-1-5-11-22)20-30-32(29,26-14-8-3-9-15-26)31-21-25(19-28)17-23-12-6-2-7-13-23/h1-15,24-25H,16-17,20-21H2/t24-,25-/m1/s1. The second-order valence-corrected chi connectivity index (χ2v) is 9.48. The third-order valence-electron chi connectivity index (χ3n) is 4.98. The summed E-state index contributed by atoms with van der Waals surface area (Å²) in [6.45, 7) is -0.0685. The summed E-state index contributed by atoms with van der Waals surface area (Å²) in [5.74, 6) is -0.955. The molecule has 0 bridgehead atoms. The molecule has 0 radical (unpaired) electrons. The normalized spacial score (nSPS) is 12.9. The van der Waals surface area contributed by atoms with Crippen LogP contribution in [0.1, 0.15) is 11.1 Å². The number of nitrogens with zero attached hydrogens (tertiary/aromatic N) is 2. The van der Waals surface area contributed by atoms with Crippen LogP contribution < -0.4 is 5.30 Å². The summed E-state index contributed by atoms with van der Waals surface area (Å²) in [6.07, 6.45) is 0.974. The van der Waals surface area contributed by atoms with E-state index in [4.69, 9.17) is 9.05 Å². The highest BCUT2D eigenvalue weighted by Crippen LogP contribution is 2.48. The van der Waals surface area contributed by atoms with E-state index in [0.717, 1.165) is 11.1 Å². The van der Waals surface area contributed by atoms with Crippen LogP contribution >= 0.6 is 7.60 Å². The predicted molar refractivity (Wildman–Crippen MR) is 124 cm³/mol. The van der Waals surface area contributed by atoms with Gasteiger partial charge < -0.3 is 9.05 Å². The summed E-state index contributed by atoms with van der Waals surface area (Å²) in [6, 6.07) is 32.4. The topological polar surface area (TPSA) is 83.1 Å². The average molecular weight is 444 g/mol. The van der Waals surface area contributed by atoms with Gasteiger partial charge in [0.05, 0.1) is 42.5 Å². The van der Waals surface area contributed by atoms with Gasteiger partial charge in [0.15, 0.2) is 0 Å². The fourth-order valence-corrected chi connectivity index (χ4v) is 4.92. The Labute approximate surface area is 189 Å². The van der Waals surface area contributed by atoms with Crippen molar-refractivity contribution in [1.29, 1.82) is 10.5 Å². The van der Waals surface area contributed by atoms with Crippen molar-refractivity contribution in [3.63, 3.8) is 0 Å². The van der Waals surface area contributed by atoms with Crippen LogP contribution in [0.15, 0.2) is 91.0 Å². The molecule has 5 nitrogen and oxygen atoms in total. The van der Waals surface area contributed by atoms with Crippen molar-refractivity contribution in [2.75, 3.05) is 13.2 Å². The Balaban J connectivity index is 1.69. The van der Waals surface area contributed by atoms with E-state index in [-0.39, 0.29) is 13.2 Å². The second kappa shape index (κ2) is 12.0. The van der Waals surface area contributed by atoms with Crippen LogP contribution in [-0.4, -0.2) is 13.2 Å². The van der Waals surface area contributed by atoms with Gasteiger partial charge in [0.2, 0.25) is 0 Å². The highest BCUT2D eigenvalue weighted by molar-refractivity contribution is 7.62. The molecule has 162 valence electrons. The first-order valence-corrected chi connectivity index (χ1v) is 12.0. The molecular weight excluding hydrogens is 419 g/mol. The van der Waals surface area contributed by atoms with E-state index >= 15 is 0 Å². The molecule has 0 aromatic heterocycles. The number of rotatable bonds is 11. The fourth-order valence-electron chi connectivity index (χ4n) is 3.25. The molecule has 0 aliphatic carbocycles. The Morgan fingerprint density at radius 1 is 0.656 bits per heavy atom. The molecule has 0 aliphatic heterocycles. The highest BCUT2D eigenvalue weighted by atomic mass is 31.2. The van der Waals surface area contributed by atoms with E-state index in [1.807, 2.05) is 66.7 Å². The quantitative estimate of drug-likeness (QED) is 0.375. The Bertz CT molecular complexity index is 1030. The molecule has 0 spiro atoms. The lowest BCUT2D eigenvalue weighted by Crippen LogP contribution is -2.18. The van der Waals surface area contributed by atoms with Crippen molar-refractivity contribution in [3.05, 3.63) is 102 Å². The largest absolute Gasteiger partial charge is 0.361 e. The van der Waals surface area contributed by atoms with Gasteiger partial charge in [0, 0.05) is 0 Å². The summed E-state index contributed by atoms with van der Waals surface area (Å²) < 4.78 is 25.3. The minimum atomic E-state index is -3.72. The maximum atomic E-state index is 13.7. The van der Waals surface area contributed by atoms with Crippen molar-refractivity contribution >= 4 is 12.9 Å². The van der Waals surface area contributed by atoms with Crippen LogP contribution in [0, 0.1) is 34.5 Å². The third kappa shape index (κ3) is 6.91. The first kappa shape index (κ1) is 23.5. The fraction of sp³-hybridized carbons (Fsp3) is 0.231. The molecule has 0 fully saturated rings. The summed E-state index contributed by atoms with van der Waals surface area (Å²) in [7, 11) is -3.72. The molecule has 3 rings (SSSR count). The van der Waals surface area contributed by atoms with Crippen molar-refractivity contribution in [1.82, 2.24) is 0 Å². The molecule has 0 N–H and O–H groups in total. The lowest BCUT2D eigenvalue weighted by molar-refractivity contribution is 0.186. The maximum Gasteiger partial charge on any atom is 0.361 e. The van der Waals surface area contributed by atoms with Gasteiger partial charge in [-0.1, -0.05) is 78.9 Å². The molecule has 0 unspecified atom stereocenters. The van der Waals surface area contributed by atoms with E-state index in [1.165, 1.54) is 0 Å². The highest BCUT2D eigenvalue weighted by Gasteiger charge is 2.30. The van der Waals surface area contributed by atoms with Crippen LogP contribution in [0.2, 0.25) is 0 Å². The first-order valence-electron chi connectivity index (χ1n) is 10.4. The smallest absolute Gasteiger partial charge is 0.304 e.